The first kappa shape index (κ1) is 24.7. The van der Waals surface area contributed by atoms with Crippen molar-refractivity contribution >= 4 is 55.9 Å². The van der Waals surface area contributed by atoms with Gasteiger partial charge in [0.1, 0.15) is 5.75 Å². The van der Waals surface area contributed by atoms with Crippen LogP contribution >= 0.6 is 23.4 Å². The summed E-state index contributed by atoms with van der Waals surface area (Å²) in [7, 11) is -2.06. The van der Waals surface area contributed by atoms with E-state index in [2.05, 4.69) is 10.3 Å². The average Bonchev–Trinajstić information content (AvgIpc) is 2.83. The van der Waals surface area contributed by atoms with E-state index in [9.17, 15) is 13.2 Å². The monoisotopic (exact) mass is 521 g/mol. The fourth-order valence-electron chi connectivity index (χ4n) is 3.59. The van der Waals surface area contributed by atoms with Gasteiger partial charge >= 0.3 is 0 Å². The van der Waals surface area contributed by atoms with E-state index in [1.165, 1.54) is 23.2 Å². The minimum atomic E-state index is -3.59. The van der Waals surface area contributed by atoms with Crippen LogP contribution in [-0.4, -0.2) is 62.8 Å². The number of fused-ring (bicyclic) bond motifs is 1. The molecule has 2 heterocycles. The standard InChI is InChI=1S/C23H24ClN3O5S2/c1-15-11-23(33-14-22(28)25-16-3-6-21(31-2)19(24)12-16)26-20-5-4-17(13-18(15)20)34(29,30)27-7-9-32-10-8-27/h3-6,11-13H,7-10,14H2,1-2H3,(H,25,28). The molecule has 1 aliphatic heterocycles. The van der Waals surface area contributed by atoms with Crippen LogP contribution in [0.1, 0.15) is 5.56 Å². The smallest absolute Gasteiger partial charge is 0.243 e. The van der Waals surface area contributed by atoms with E-state index >= 15 is 0 Å². The third-order valence-corrected chi connectivity index (χ3v) is 8.46. The zero-order valence-electron chi connectivity index (χ0n) is 18.7. The first-order valence-electron chi connectivity index (χ1n) is 10.5. The number of methoxy groups -OCH3 is 1. The number of nitrogens with zero attached hydrogens (tertiary/aromatic N) is 2. The van der Waals surface area contributed by atoms with Gasteiger partial charge in [-0.1, -0.05) is 23.4 Å². The van der Waals surface area contributed by atoms with Crippen LogP contribution in [0.25, 0.3) is 10.9 Å². The molecule has 34 heavy (non-hydrogen) atoms. The van der Waals surface area contributed by atoms with Crippen molar-refractivity contribution in [3.8, 4) is 5.75 Å². The van der Waals surface area contributed by atoms with Gasteiger partial charge in [-0.2, -0.15) is 4.31 Å². The Morgan fingerprint density at radius 2 is 1.97 bits per heavy atom. The van der Waals surface area contributed by atoms with E-state index < -0.39 is 10.0 Å². The Hall–Kier alpha value is -2.37. The number of amides is 1. The number of nitrogens with one attached hydrogen (secondary N) is 1. The Morgan fingerprint density at radius 3 is 2.68 bits per heavy atom. The summed E-state index contributed by atoms with van der Waals surface area (Å²) in [6, 6.07) is 11.8. The lowest BCUT2D eigenvalue weighted by Crippen LogP contribution is -2.40. The van der Waals surface area contributed by atoms with Crippen LogP contribution in [0.3, 0.4) is 0 Å². The Balaban J connectivity index is 1.46. The molecule has 0 radical (unpaired) electrons. The van der Waals surface area contributed by atoms with Gasteiger partial charge in [0, 0.05) is 24.2 Å². The summed E-state index contributed by atoms with van der Waals surface area (Å²) in [6.45, 7) is 3.38. The van der Waals surface area contributed by atoms with Gasteiger partial charge < -0.3 is 14.8 Å². The number of anilines is 1. The molecule has 180 valence electrons. The molecule has 1 saturated heterocycles. The maximum Gasteiger partial charge on any atom is 0.243 e. The van der Waals surface area contributed by atoms with Crippen LogP contribution in [0.4, 0.5) is 5.69 Å². The number of benzene rings is 2. The van der Waals surface area contributed by atoms with Crippen molar-refractivity contribution in [2.24, 2.45) is 0 Å². The van der Waals surface area contributed by atoms with Crippen molar-refractivity contribution in [2.75, 3.05) is 44.5 Å². The van der Waals surface area contributed by atoms with Crippen LogP contribution in [0, 0.1) is 6.92 Å². The summed E-state index contributed by atoms with van der Waals surface area (Å²) >= 11 is 7.40. The predicted molar refractivity (Wildman–Crippen MR) is 133 cm³/mol. The highest BCUT2D eigenvalue weighted by Gasteiger charge is 2.26. The predicted octanol–water partition coefficient (Wildman–Crippen LogP) is 3.96. The number of hydrogen-bond acceptors (Lipinski definition) is 7. The Bertz CT molecular complexity index is 1330. The summed E-state index contributed by atoms with van der Waals surface area (Å²) in [4.78, 5) is 17.2. The highest BCUT2D eigenvalue weighted by atomic mass is 35.5. The molecule has 2 aromatic carbocycles. The molecule has 11 heteroatoms. The van der Waals surface area contributed by atoms with Crippen molar-refractivity contribution < 1.29 is 22.7 Å². The van der Waals surface area contributed by atoms with Gasteiger partial charge in [0.15, 0.2) is 0 Å². The lowest BCUT2D eigenvalue weighted by Gasteiger charge is -2.26. The Labute approximate surface area is 207 Å². The Morgan fingerprint density at radius 1 is 1.21 bits per heavy atom. The fraction of sp³-hybridized carbons (Fsp3) is 0.304. The SMILES string of the molecule is COc1ccc(NC(=O)CSc2cc(C)c3cc(S(=O)(=O)N4CCOCC4)ccc3n2)cc1Cl. The van der Waals surface area contributed by atoms with Gasteiger partial charge in [0.25, 0.3) is 0 Å². The number of morpholine rings is 1. The topological polar surface area (TPSA) is 97.8 Å². The molecule has 1 fully saturated rings. The second kappa shape index (κ2) is 10.5. The number of sulfonamides is 1. The maximum absolute atomic E-state index is 13.0. The number of aromatic nitrogens is 1. The molecule has 1 N–H and O–H groups in total. The summed E-state index contributed by atoms with van der Waals surface area (Å²) in [5, 5.41) is 4.65. The van der Waals surface area contributed by atoms with Crippen molar-refractivity contribution in [3.05, 3.63) is 53.1 Å². The lowest BCUT2D eigenvalue weighted by molar-refractivity contribution is -0.113. The molecule has 1 aliphatic rings. The maximum atomic E-state index is 13.0. The molecule has 0 atom stereocenters. The van der Waals surface area contributed by atoms with Crippen LogP contribution in [-0.2, 0) is 19.6 Å². The number of carbonyl (C=O) groups is 1. The minimum Gasteiger partial charge on any atom is -0.495 e. The second-order valence-corrected chi connectivity index (χ2v) is 11.0. The number of carbonyl (C=O) groups excluding carboxylic acids is 1. The van der Waals surface area contributed by atoms with Crippen LogP contribution in [0.15, 0.2) is 52.4 Å². The van der Waals surface area contributed by atoms with Crippen LogP contribution in [0.2, 0.25) is 5.02 Å². The molecule has 0 spiro atoms. The zero-order chi connectivity index (χ0) is 24.3. The van der Waals surface area contributed by atoms with Crippen LogP contribution < -0.4 is 10.1 Å². The van der Waals surface area contributed by atoms with E-state index in [1.807, 2.05) is 13.0 Å². The molecule has 1 aromatic heterocycles. The summed E-state index contributed by atoms with van der Waals surface area (Å²) < 4.78 is 37.8. The molecule has 0 aliphatic carbocycles. The minimum absolute atomic E-state index is 0.158. The number of halogens is 1. The number of aryl methyl sites for hydroxylation is 1. The number of hydrogen-bond donors (Lipinski definition) is 1. The number of ether oxygens (including phenoxy) is 2. The van der Waals surface area contributed by atoms with Gasteiger partial charge in [-0.05, 0) is 55.0 Å². The molecule has 1 amide bonds. The molecule has 8 nitrogen and oxygen atoms in total. The zero-order valence-corrected chi connectivity index (χ0v) is 21.1. The van der Waals surface area contributed by atoms with Gasteiger partial charge in [0.05, 0.1) is 46.5 Å². The highest BCUT2D eigenvalue weighted by molar-refractivity contribution is 7.99. The van der Waals surface area contributed by atoms with E-state index in [1.54, 1.807) is 36.4 Å². The van der Waals surface area contributed by atoms with E-state index in [0.717, 1.165) is 10.9 Å². The highest BCUT2D eigenvalue weighted by Crippen LogP contribution is 2.29. The Kier molecular flexibility index (Phi) is 7.63. The fourth-order valence-corrected chi connectivity index (χ4v) is 6.06. The van der Waals surface area contributed by atoms with Crippen molar-refractivity contribution in [1.82, 2.24) is 9.29 Å². The van der Waals surface area contributed by atoms with E-state index in [-0.39, 0.29) is 16.6 Å². The van der Waals surface area contributed by atoms with Gasteiger partial charge in [-0.3, -0.25) is 4.79 Å². The van der Waals surface area contributed by atoms with Crippen molar-refractivity contribution in [2.45, 2.75) is 16.8 Å². The number of pyridine rings is 1. The average molecular weight is 522 g/mol. The molecule has 0 bridgehead atoms. The summed E-state index contributed by atoms with van der Waals surface area (Å²) in [5.74, 6) is 0.494. The molecule has 0 unspecified atom stereocenters. The van der Waals surface area contributed by atoms with E-state index in [0.29, 0.717) is 53.3 Å². The summed E-state index contributed by atoms with van der Waals surface area (Å²) in [5.41, 5.74) is 2.13. The first-order chi connectivity index (χ1) is 16.3. The third-order valence-electron chi connectivity index (χ3n) is 5.36. The van der Waals surface area contributed by atoms with Crippen LogP contribution in [0.5, 0.6) is 5.75 Å². The quantitative estimate of drug-likeness (QED) is 0.470. The van der Waals surface area contributed by atoms with Gasteiger partial charge in [-0.15, -0.1) is 0 Å². The van der Waals surface area contributed by atoms with Crippen molar-refractivity contribution in [1.29, 1.82) is 0 Å². The largest absolute Gasteiger partial charge is 0.495 e. The van der Waals surface area contributed by atoms with E-state index in [4.69, 9.17) is 21.1 Å². The second-order valence-electron chi connectivity index (χ2n) is 7.66. The van der Waals surface area contributed by atoms with Crippen molar-refractivity contribution in [3.63, 3.8) is 0 Å². The summed E-state index contributed by atoms with van der Waals surface area (Å²) in [6.07, 6.45) is 0. The molecular formula is C23H24ClN3O5S2. The number of rotatable bonds is 7. The lowest BCUT2D eigenvalue weighted by atomic mass is 10.1. The molecule has 0 saturated carbocycles. The van der Waals surface area contributed by atoms with Gasteiger partial charge in [0.2, 0.25) is 15.9 Å². The molecule has 4 rings (SSSR count). The third kappa shape index (κ3) is 5.47. The van der Waals surface area contributed by atoms with Gasteiger partial charge in [-0.25, -0.2) is 13.4 Å². The molecule has 3 aromatic rings. The normalized spacial score (nSPS) is 14.8. The molecular weight excluding hydrogens is 498 g/mol. The number of thioether (sulfide) groups is 1. The first-order valence-corrected chi connectivity index (χ1v) is 13.3.